The molecule has 7 nitrogen and oxygen atoms in total. The van der Waals surface area contributed by atoms with Gasteiger partial charge < -0.3 is 4.74 Å². The van der Waals surface area contributed by atoms with Crippen molar-refractivity contribution in [2.75, 3.05) is 25.5 Å². The summed E-state index contributed by atoms with van der Waals surface area (Å²) in [6.45, 7) is 6.69. The fourth-order valence-electron chi connectivity index (χ4n) is 3.35. The number of ether oxygens (including phenoxy) is 1. The lowest BCUT2D eigenvalue weighted by Crippen LogP contribution is -2.31. The molecule has 1 heterocycles. The molecule has 3 rings (SSSR count). The largest absolute Gasteiger partial charge is 0.497 e. The summed E-state index contributed by atoms with van der Waals surface area (Å²) in [4.78, 5) is 18.4. The van der Waals surface area contributed by atoms with Crippen LogP contribution in [0.1, 0.15) is 41.9 Å². The number of hydrogen-bond acceptors (Lipinski definition) is 6. The smallest absolute Gasteiger partial charge is 0.257 e. The zero-order valence-corrected chi connectivity index (χ0v) is 20.9. The second-order valence-electron chi connectivity index (χ2n) is 7.48. The number of nitrogens with one attached hydrogen (secondary N) is 1. The van der Waals surface area contributed by atoms with Gasteiger partial charge in [0.2, 0.25) is 10.0 Å². The zero-order valence-electron chi connectivity index (χ0n) is 19.3. The third kappa shape index (κ3) is 5.79. The van der Waals surface area contributed by atoms with Crippen LogP contribution in [-0.4, -0.2) is 43.8 Å². The molecule has 0 bridgehead atoms. The van der Waals surface area contributed by atoms with Crippen LogP contribution in [-0.2, 0) is 10.0 Å². The fourth-order valence-corrected chi connectivity index (χ4v) is 5.66. The Bertz CT molecular complexity index is 1190. The Balaban J connectivity index is 1.73. The number of aromatic nitrogens is 1. The summed E-state index contributed by atoms with van der Waals surface area (Å²) in [5.74, 6) is 0.422. The first-order valence-corrected chi connectivity index (χ1v) is 13.1. The molecule has 1 N–H and O–H groups in total. The van der Waals surface area contributed by atoms with E-state index in [1.165, 1.54) is 39.9 Å². The molecule has 0 aliphatic heterocycles. The molecule has 0 atom stereocenters. The van der Waals surface area contributed by atoms with Crippen LogP contribution >= 0.6 is 11.3 Å². The summed E-state index contributed by atoms with van der Waals surface area (Å²) < 4.78 is 32.4. The normalized spacial score (nSPS) is 11.5. The van der Waals surface area contributed by atoms with Crippen LogP contribution in [0.3, 0.4) is 0 Å². The number of rotatable bonds is 10. The minimum absolute atomic E-state index is 0.184. The van der Waals surface area contributed by atoms with E-state index in [2.05, 4.69) is 10.3 Å². The molecule has 0 saturated heterocycles. The van der Waals surface area contributed by atoms with Gasteiger partial charge in [0.15, 0.2) is 5.13 Å². The number of methoxy groups -OCH3 is 1. The van der Waals surface area contributed by atoms with Gasteiger partial charge in [-0.3, -0.25) is 10.1 Å². The van der Waals surface area contributed by atoms with Gasteiger partial charge >= 0.3 is 0 Å². The summed E-state index contributed by atoms with van der Waals surface area (Å²) in [5.41, 5.74) is 2.10. The Morgan fingerprint density at radius 3 is 2.33 bits per heavy atom. The van der Waals surface area contributed by atoms with Gasteiger partial charge in [0.05, 0.1) is 17.7 Å². The van der Waals surface area contributed by atoms with Crippen LogP contribution in [0.15, 0.2) is 53.4 Å². The quantitative estimate of drug-likeness (QED) is 0.425. The maximum absolute atomic E-state index is 12.9. The molecule has 2 aromatic carbocycles. The lowest BCUT2D eigenvalue weighted by Gasteiger charge is -2.20. The number of anilines is 1. The molecule has 0 unspecified atom stereocenters. The summed E-state index contributed by atoms with van der Waals surface area (Å²) in [5, 5.41) is 3.30. The van der Waals surface area contributed by atoms with E-state index in [9.17, 15) is 13.2 Å². The van der Waals surface area contributed by atoms with Gasteiger partial charge in [-0.15, -0.1) is 11.3 Å². The standard InChI is InChI=1S/C24H29N3O4S2/c1-5-7-16-27(6-2)33(29,30)21-14-10-19(11-15-21)23(28)26-24-25-22(17(3)32-24)18-8-12-20(31-4)13-9-18/h8-15H,5-7,16H2,1-4H3,(H,25,26,28). The summed E-state index contributed by atoms with van der Waals surface area (Å²) in [6, 6.07) is 13.6. The van der Waals surface area contributed by atoms with E-state index in [4.69, 9.17) is 4.74 Å². The third-order valence-corrected chi connectivity index (χ3v) is 8.12. The molecule has 1 aromatic heterocycles. The second kappa shape index (κ2) is 10.9. The molecule has 9 heteroatoms. The van der Waals surface area contributed by atoms with Gasteiger partial charge in [0.1, 0.15) is 5.75 Å². The van der Waals surface area contributed by atoms with Crippen LogP contribution in [0.5, 0.6) is 5.75 Å². The summed E-state index contributed by atoms with van der Waals surface area (Å²) in [7, 11) is -1.96. The Morgan fingerprint density at radius 1 is 1.09 bits per heavy atom. The number of amides is 1. The molecule has 0 aliphatic carbocycles. The van der Waals surface area contributed by atoms with Gasteiger partial charge in [0, 0.05) is 29.1 Å². The number of carbonyl (C=O) groups is 1. The van der Waals surface area contributed by atoms with E-state index in [1.54, 1.807) is 7.11 Å². The molecular formula is C24H29N3O4S2. The number of benzene rings is 2. The minimum Gasteiger partial charge on any atom is -0.497 e. The van der Waals surface area contributed by atoms with Crippen molar-refractivity contribution < 1.29 is 17.9 Å². The SMILES string of the molecule is CCCCN(CC)S(=O)(=O)c1ccc(C(=O)Nc2nc(-c3ccc(OC)cc3)c(C)s2)cc1. The van der Waals surface area contributed by atoms with Gasteiger partial charge in [-0.25, -0.2) is 13.4 Å². The van der Waals surface area contributed by atoms with Crippen molar-refractivity contribution >= 4 is 32.4 Å². The predicted molar refractivity (Wildman–Crippen MR) is 133 cm³/mol. The van der Waals surface area contributed by atoms with E-state index in [0.717, 1.165) is 34.7 Å². The summed E-state index contributed by atoms with van der Waals surface area (Å²) >= 11 is 1.39. The third-order valence-electron chi connectivity index (χ3n) is 5.25. The fraction of sp³-hybridized carbons (Fsp3) is 0.333. The molecule has 33 heavy (non-hydrogen) atoms. The zero-order chi connectivity index (χ0) is 24.0. The van der Waals surface area contributed by atoms with Gasteiger partial charge in [-0.05, 0) is 61.9 Å². The second-order valence-corrected chi connectivity index (χ2v) is 10.6. The van der Waals surface area contributed by atoms with Crippen LogP contribution in [0.25, 0.3) is 11.3 Å². The average Bonchev–Trinajstić information content (AvgIpc) is 3.19. The number of hydrogen-bond donors (Lipinski definition) is 1. The number of sulfonamides is 1. The van der Waals surface area contributed by atoms with E-state index in [-0.39, 0.29) is 10.8 Å². The Hall–Kier alpha value is -2.75. The molecule has 0 fully saturated rings. The Labute approximate surface area is 199 Å². The Morgan fingerprint density at radius 2 is 1.76 bits per heavy atom. The van der Waals surface area contributed by atoms with Crippen molar-refractivity contribution in [3.05, 3.63) is 59.0 Å². The highest BCUT2D eigenvalue weighted by atomic mass is 32.2. The molecule has 176 valence electrons. The maximum Gasteiger partial charge on any atom is 0.257 e. The van der Waals surface area contributed by atoms with Crippen LogP contribution in [0.4, 0.5) is 5.13 Å². The molecule has 0 aliphatic rings. The average molecular weight is 488 g/mol. The van der Waals surface area contributed by atoms with Crippen molar-refractivity contribution in [1.29, 1.82) is 0 Å². The number of carbonyl (C=O) groups excluding carboxylic acids is 1. The summed E-state index contributed by atoms with van der Waals surface area (Å²) in [6.07, 6.45) is 1.72. The van der Waals surface area contributed by atoms with Crippen LogP contribution < -0.4 is 10.1 Å². The van der Waals surface area contributed by atoms with E-state index in [1.807, 2.05) is 45.0 Å². The number of aryl methyl sites for hydroxylation is 1. The van der Waals surface area contributed by atoms with Crippen LogP contribution in [0, 0.1) is 6.92 Å². The first-order valence-electron chi connectivity index (χ1n) is 10.8. The Kier molecular flexibility index (Phi) is 8.23. The molecule has 3 aromatic rings. The highest BCUT2D eigenvalue weighted by Gasteiger charge is 2.23. The maximum atomic E-state index is 12.9. The van der Waals surface area contributed by atoms with Crippen molar-refractivity contribution in [2.24, 2.45) is 0 Å². The predicted octanol–water partition coefficient (Wildman–Crippen LogP) is 5.19. The van der Waals surface area contributed by atoms with Crippen molar-refractivity contribution in [3.63, 3.8) is 0 Å². The number of unbranched alkanes of at least 4 members (excludes halogenated alkanes) is 1. The number of thiazole rings is 1. The molecule has 0 saturated carbocycles. The highest BCUT2D eigenvalue weighted by Crippen LogP contribution is 2.31. The first-order chi connectivity index (χ1) is 15.8. The van der Waals surface area contributed by atoms with Gasteiger partial charge in [0.25, 0.3) is 5.91 Å². The van der Waals surface area contributed by atoms with Crippen molar-refractivity contribution in [1.82, 2.24) is 9.29 Å². The molecule has 0 spiro atoms. The molecular weight excluding hydrogens is 458 g/mol. The minimum atomic E-state index is -3.58. The lowest BCUT2D eigenvalue weighted by molar-refractivity contribution is 0.102. The van der Waals surface area contributed by atoms with Gasteiger partial charge in [-0.1, -0.05) is 20.3 Å². The van der Waals surface area contributed by atoms with Gasteiger partial charge in [-0.2, -0.15) is 4.31 Å². The lowest BCUT2D eigenvalue weighted by atomic mass is 10.1. The van der Waals surface area contributed by atoms with E-state index >= 15 is 0 Å². The molecule has 1 amide bonds. The first kappa shape index (κ1) is 24.9. The van der Waals surface area contributed by atoms with E-state index in [0.29, 0.717) is 23.8 Å². The van der Waals surface area contributed by atoms with Crippen molar-refractivity contribution in [2.45, 2.75) is 38.5 Å². The van der Waals surface area contributed by atoms with Crippen molar-refractivity contribution in [3.8, 4) is 17.0 Å². The van der Waals surface area contributed by atoms with Crippen LogP contribution in [0.2, 0.25) is 0 Å². The molecule has 0 radical (unpaired) electrons. The topological polar surface area (TPSA) is 88.6 Å². The monoisotopic (exact) mass is 487 g/mol. The van der Waals surface area contributed by atoms with E-state index < -0.39 is 10.0 Å². The highest BCUT2D eigenvalue weighted by molar-refractivity contribution is 7.89. The number of nitrogens with zero attached hydrogens (tertiary/aromatic N) is 2.